The summed E-state index contributed by atoms with van der Waals surface area (Å²) in [6.45, 7) is 6.81. The van der Waals surface area contributed by atoms with Gasteiger partial charge >= 0.3 is 0 Å². The summed E-state index contributed by atoms with van der Waals surface area (Å²) in [6.07, 6.45) is 8.27. The number of amides is 2. The van der Waals surface area contributed by atoms with Crippen LogP contribution in [0.1, 0.15) is 83.0 Å². The number of nitrogens with zero attached hydrogens (tertiary/aromatic N) is 4. The molecule has 1 aliphatic carbocycles. The van der Waals surface area contributed by atoms with Gasteiger partial charge in [0.2, 0.25) is 0 Å². The largest absolute Gasteiger partial charge is 0.497 e. The van der Waals surface area contributed by atoms with E-state index in [1.807, 2.05) is 47.1 Å². The summed E-state index contributed by atoms with van der Waals surface area (Å²) in [7, 11) is 1.61. The van der Waals surface area contributed by atoms with Crippen LogP contribution < -0.4 is 4.74 Å². The summed E-state index contributed by atoms with van der Waals surface area (Å²) in [5, 5.41) is 0. The number of piperidine rings is 1. The molecule has 0 bridgehead atoms. The fourth-order valence-corrected chi connectivity index (χ4v) is 6.27. The van der Waals surface area contributed by atoms with Gasteiger partial charge in [-0.05, 0) is 62.9 Å². The zero-order chi connectivity index (χ0) is 25.8. The first-order valence-electron chi connectivity index (χ1n) is 14.0. The molecule has 3 aliphatic rings. The van der Waals surface area contributed by atoms with Crippen molar-refractivity contribution >= 4 is 11.8 Å². The molecule has 198 valence electrons. The number of carbonyl (C=O) groups is 2. The maximum absolute atomic E-state index is 13.7. The first-order valence-corrected chi connectivity index (χ1v) is 14.0. The summed E-state index contributed by atoms with van der Waals surface area (Å²) in [6, 6.07) is 12.0. The van der Waals surface area contributed by atoms with E-state index in [2.05, 4.69) is 4.90 Å². The Labute approximate surface area is 220 Å². The number of methoxy groups -OCH3 is 1. The molecule has 3 heterocycles. The van der Waals surface area contributed by atoms with Crippen LogP contribution in [0.15, 0.2) is 36.4 Å². The number of likely N-dealkylation sites (tertiary alicyclic amines) is 1. The van der Waals surface area contributed by atoms with Crippen molar-refractivity contribution in [3.63, 3.8) is 0 Å². The van der Waals surface area contributed by atoms with Crippen LogP contribution in [0.5, 0.6) is 5.75 Å². The third kappa shape index (κ3) is 5.82. The fourth-order valence-electron chi connectivity index (χ4n) is 6.27. The minimum atomic E-state index is 0.0293. The minimum Gasteiger partial charge on any atom is -0.497 e. The monoisotopic (exact) mass is 504 g/mol. The molecule has 0 spiro atoms. The van der Waals surface area contributed by atoms with E-state index in [0.717, 1.165) is 56.0 Å². The number of rotatable bonds is 5. The average molecular weight is 505 g/mol. The lowest BCUT2D eigenvalue weighted by Gasteiger charge is -2.41. The van der Waals surface area contributed by atoms with Crippen molar-refractivity contribution in [3.8, 4) is 5.75 Å². The molecule has 0 unspecified atom stereocenters. The Hall–Kier alpha value is -2.93. The summed E-state index contributed by atoms with van der Waals surface area (Å²) in [5.41, 5.74) is 3.24. The summed E-state index contributed by atoms with van der Waals surface area (Å²) < 4.78 is 5.28. The normalized spacial score (nSPS) is 20.2. The summed E-state index contributed by atoms with van der Waals surface area (Å²) in [4.78, 5) is 38.2. The van der Waals surface area contributed by atoms with Gasteiger partial charge in [-0.1, -0.05) is 25.3 Å². The first kappa shape index (κ1) is 25.7. The van der Waals surface area contributed by atoms with E-state index in [4.69, 9.17) is 9.72 Å². The number of aromatic nitrogens is 1. The zero-order valence-electron chi connectivity index (χ0n) is 22.3. The van der Waals surface area contributed by atoms with Gasteiger partial charge in [-0.25, -0.2) is 0 Å². The third-order valence-electron chi connectivity index (χ3n) is 8.47. The van der Waals surface area contributed by atoms with Crippen molar-refractivity contribution in [3.05, 3.63) is 58.9 Å². The lowest BCUT2D eigenvalue weighted by atomic mass is 9.89. The molecule has 1 saturated carbocycles. The molecule has 5 rings (SSSR count). The number of carbonyl (C=O) groups excluding carboxylic acids is 2. The highest BCUT2D eigenvalue weighted by Gasteiger charge is 2.32. The van der Waals surface area contributed by atoms with Crippen LogP contribution in [-0.2, 0) is 0 Å². The predicted molar refractivity (Wildman–Crippen MR) is 144 cm³/mol. The van der Waals surface area contributed by atoms with Crippen LogP contribution in [0.2, 0.25) is 0 Å². The van der Waals surface area contributed by atoms with Gasteiger partial charge in [0.15, 0.2) is 0 Å². The molecule has 0 N–H and O–H groups in total. The SMILES string of the molecule is COc1cccc(C(=O)N2CCC(c3nc(C)ccc3C(=O)N3CCN(C4CCCCC4)CC3)CC2)c1. The van der Waals surface area contributed by atoms with E-state index in [-0.39, 0.29) is 17.7 Å². The van der Waals surface area contributed by atoms with Gasteiger partial charge < -0.3 is 14.5 Å². The average Bonchev–Trinajstić information content (AvgIpc) is 2.97. The topological polar surface area (TPSA) is 66.0 Å². The predicted octanol–water partition coefficient (Wildman–Crippen LogP) is 4.51. The van der Waals surface area contributed by atoms with E-state index in [1.54, 1.807) is 13.2 Å². The van der Waals surface area contributed by atoms with E-state index < -0.39 is 0 Å². The molecule has 1 aromatic carbocycles. The molecular weight excluding hydrogens is 464 g/mol. The van der Waals surface area contributed by atoms with Crippen molar-refractivity contribution in [2.75, 3.05) is 46.4 Å². The molecular formula is C30H40N4O3. The molecule has 0 radical (unpaired) electrons. The highest BCUT2D eigenvalue weighted by Crippen LogP contribution is 2.31. The maximum Gasteiger partial charge on any atom is 0.255 e. The fraction of sp³-hybridized carbons (Fsp3) is 0.567. The number of piperazine rings is 1. The molecule has 2 aromatic rings. The molecule has 2 amide bonds. The second kappa shape index (κ2) is 11.6. The molecule has 2 saturated heterocycles. The second-order valence-corrected chi connectivity index (χ2v) is 10.8. The van der Waals surface area contributed by atoms with Crippen LogP contribution in [0.25, 0.3) is 0 Å². The Kier molecular flexibility index (Phi) is 8.08. The van der Waals surface area contributed by atoms with Gasteiger partial charge in [0.05, 0.1) is 18.4 Å². The Bertz CT molecular complexity index is 1100. The van der Waals surface area contributed by atoms with E-state index in [1.165, 1.54) is 32.1 Å². The van der Waals surface area contributed by atoms with E-state index in [9.17, 15) is 9.59 Å². The highest BCUT2D eigenvalue weighted by atomic mass is 16.5. The van der Waals surface area contributed by atoms with Crippen molar-refractivity contribution in [1.82, 2.24) is 19.7 Å². The van der Waals surface area contributed by atoms with Crippen LogP contribution in [-0.4, -0.2) is 83.9 Å². The first-order chi connectivity index (χ1) is 18.0. The van der Waals surface area contributed by atoms with Crippen LogP contribution in [0, 0.1) is 6.92 Å². The summed E-state index contributed by atoms with van der Waals surface area (Å²) >= 11 is 0. The van der Waals surface area contributed by atoms with Gasteiger partial charge in [0.25, 0.3) is 11.8 Å². The Morgan fingerprint density at radius 3 is 2.24 bits per heavy atom. The Morgan fingerprint density at radius 1 is 0.838 bits per heavy atom. The molecule has 2 aliphatic heterocycles. The van der Waals surface area contributed by atoms with Crippen LogP contribution in [0.4, 0.5) is 0 Å². The maximum atomic E-state index is 13.7. The number of ether oxygens (including phenoxy) is 1. The van der Waals surface area contributed by atoms with Gasteiger partial charge in [-0.15, -0.1) is 0 Å². The van der Waals surface area contributed by atoms with Gasteiger partial charge in [-0.2, -0.15) is 0 Å². The van der Waals surface area contributed by atoms with Gasteiger partial charge in [0, 0.05) is 62.5 Å². The van der Waals surface area contributed by atoms with E-state index >= 15 is 0 Å². The third-order valence-corrected chi connectivity index (χ3v) is 8.47. The number of hydrogen-bond acceptors (Lipinski definition) is 5. The van der Waals surface area contributed by atoms with Gasteiger partial charge in [0.1, 0.15) is 5.75 Å². The second-order valence-electron chi connectivity index (χ2n) is 10.8. The Balaban J connectivity index is 1.23. The van der Waals surface area contributed by atoms with Crippen molar-refractivity contribution in [1.29, 1.82) is 0 Å². The molecule has 7 nitrogen and oxygen atoms in total. The zero-order valence-corrected chi connectivity index (χ0v) is 22.3. The highest BCUT2D eigenvalue weighted by molar-refractivity contribution is 5.96. The lowest BCUT2D eigenvalue weighted by molar-refractivity contribution is 0.0519. The minimum absolute atomic E-state index is 0.0293. The van der Waals surface area contributed by atoms with Crippen molar-refractivity contribution in [2.24, 2.45) is 0 Å². The smallest absolute Gasteiger partial charge is 0.255 e. The molecule has 0 atom stereocenters. The van der Waals surface area contributed by atoms with Gasteiger partial charge in [-0.3, -0.25) is 19.5 Å². The van der Waals surface area contributed by atoms with Crippen molar-refractivity contribution < 1.29 is 14.3 Å². The molecule has 3 fully saturated rings. The van der Waals surface area contributed by atoms with Crippen LogP contribution in [0.3, 0.4) is 0 Å². The standard InChI is InChI=1S/C30H40N4O3/c1-22-11-12-27(30(36)34-19-17-32(18-20-34)25-8-4-3-5-9-25)28(31-22)23-13-15-33(16-14-23)29(35)24-7-6-10-26(21-24)37-2/h6-7,10-12,21,23,25H,3-5,8-9,13-20H2,1-2H3. The Morgan fingerprint density at radius 2 is 1.54 bits per heavy atom. The lowest BCUT2D eigenvalue weighted by Crippen LogP contribution is -2.52. The quantitative estimate of drug-likeness (QED) is 0.600. The number of hydrogen-bond donors (Lipinski definition) is 0. The number of benzene rings is 1. The molecule has 1 aromatic heterocycles. The van der Waals surface area contributed by atoms with Crippen LogP contribution >= 0.6 is 0 Å². The number of aryl methyl sites for hydroxylation is 1. The number of pyridine rings is 1. The molecule has 37 heavy (non-hydrogen) atoms. The molecule has 7 heteroatoms. The van der Waals surface area contributed by atoms with E-state index in [0.29, 0.717) is 30.4 Å². The van der Waals surface area contributed by atoms with Crippen molar-refractivity contribution in [2.45, 2.75) is 63.8 Å². The summed E-state index contributed by atoms with van der Waals surface area (Å²) in [5.74, 6) is 1.01.